The first kappa shape index (κ1) is 11.1. The predicted molar refractivity (Wildman–Crippen MR) is 45.3 cm³/mol. The number of rotatable bonds is 5. The van der Waals surface area contributed by atoms with Crippen LogP contribution < -0.4 is 0 Å². The third-order valence-electron chi connectivity index (χ3n) is 1.35. The van der Waals surface area contributed by atoms with Gasteiger partial charge in [-0.05, 0) is 25.8 Å². The van der Waals surface area contributed by atoms with Gasteiger partial charge in [0.05, 0.1) is 6.61 Å². The van der Waals surface area contributed by atoms with Crippen LogP contribution in [0.25, 0.3) is 0 Å². The smallest absolute Gasteiger partial charge is 0.366 e. The van der Waals surface area contributed by atoms with E-state index in [0.29, 0.717) is 6.42 Å². The molecular weight excluding hydrogens is 159 g/mol. The summed E-state index contributed by atoms with van der Waals surface area (Å²) in [6, 6.07) is 0. The molecule has 0 heterocycles. The summed E-state index contributed by atoms with van der Waals surface area (Å²) in [5, 5.41) is 0. The summed E-state index contributed by atoms with van der Waals surface area (Å²) >= 11 is 0. The molecule has 0 atom stereocenters. The molecule has 0 unspecified atom stereocenters. The van der Waals surface area contributed by atoms with E-state index in [1.165, 1.54) is 6.08 Å². The lowest BCUT2D eigenvalue weighted by Gasteiger charge is -1.97. The Kier molecular flexibility index (Phi) is 6.34. The highest BCUT2D eigenvalue weighted by Gasteiger charge is 2.07. The molecule has 0 N–H and O–H groups in total. The minimum atomic E-state index is -0.853. The van der Waals surface area contributed by atoms with Crippen molar-refractivity contribution in [3.63, 3.8) is 0 Å². The van der Waals surface area contributed by atoms with Gasteiger partial charge in [-0.15, -0.1) is 0 Å². The third kappa shape index (κ3) is 4.88. The first-order valence-electron chi connectivity index (χ1n) is 4.25. The Balaban J connectivity index is 3.74. The van der Waals surface area contributed by atoms with Gasteiger partial charge in [-0.1, -0.05) is 13.3 Å². The van der Waals surface area contributed by atoms with Gasteiger partial charge in [0, 0.05) is 0 Å². The molecule has 2 nitrogen and oxygen atoms in total. The number of unbranched alkanes of at least 4 members (excludes halogenated alkanes) is 2. The van der Waals surface area contributed by atoms with Gasteiger partial charge < -0.3 is 4.74 Å². The third-order valence-corrected chi connectivity index (χ3v) is 1.35. The fraction of sp³-hybridized carbons (Fsp3) is 0.667. The molecule has 0 rings (SSSR count). The number of carbonyl (C=O) groups is 1. The molecule has 0 aliphatic heterocycles. The van der Waals surface area contributed by atoms with Crippen molar-refractivity contribution in [1.29, 1.82) is 0 Å². The molecule has 0 aromatic rings. The number of carbonyl (C=O) groups excluding carboxylic acids is 1. The average Bonchev–Trinajstić information content (AvgIpc) is 2.05. The summed E-state index contributed by atoms with van der Waals surface area (Å²) < 4.78 is 17.1. The molecule has 0 spiro atoms. The maximum atomic E-state index is 12.7. The lowest BCUT2D eigenvalue weighted by molar-refractivity contribution is -0.140. The van der Waals surface area contributed by atoms with Gasteiger partial charge in [0.1, 0.15) is 0 Å². The van der Waals surface area contributed by atoms with E-state index in [9.17, 15) is 9.18 Å². The van der Waals surface area contributed by atoms with Crippen molar-refractivity contribution < 1.29 is 13.9 Å². The van der Waals surface area contributed by atoms with Crippen molar-refractivity contribution >= 4 is 5.97 Å². The van der Waals surface area contributed by atoms with E-state index in [1.54, 1.807) is 6.92 Å². The largest absolute Gasteiger partial charge is 0.461 e. The summed E-state index contributed by atoms with van der Waals surface area (Å²) in [6.07, 6.45) is 3.77. The number of ether oxygens (including phenoxy) is 1. The zero-order valence-corrected chi connectivity index (χ0v) is 7.60. The second kappa shape index (κ2) is 6.83. The molecule has 0 fully saturated rings. The van der Waals surface area contributed by atoms with Crippen molar-refractivity contribution in [2.75, 3.05) is 6.61 Å². The van der Waals surface area contributed by atoms with Crippen LogP contribution >= 0.6 is 0 Å². The number of halogens is 1. The number of esters is 1. The van der Waals surface area contributed by atoms with Crippen LogP contribution in [0, 0.1) is 0 Å². The Morgan fingerprint density at radius 2 is 2.17 bits per heavy atom. The molecule has 0 amide bonds. The quantitative estimate of drug-likeness (QED) is 0.364. The summed E-state index contributed by atoms with van der Waals surface area (Å²) in [5.41, 5.74) is 0. The second-order valence-electron chi connectivity index (χ2n) is 2.41. The van der Waals surface area contributed by atoms with Gasteiger partial charge in [-0.3, -0.25) is 0 Å². The Hall–Kier alpha value is -0.860. The van der Waals surface area contributed by atoms with Crippen LogP contribution in [0.1, 0.15) is 33.1 Å². The molecule has 70 valence electrons. The lowest BCUT2D eigenvalue weighted by Crippen LogP contribution is -2.03. The van der Waals surface area contributed by atoms with E-state index >= 15 is 0 Å². The van der Waals surface area contributed by atoms with Crippen molar-refractivity contribution in [3.05, 3.63) is 11.9 Å². The molecule has 0 aliphatic rings. The molecule has 0 aliphatic carbocycles. The number of hydrogen-bond donors (Lipinski definition) is 0. The van der Waals surface area contributed by atoms with Gasteiger partial charge in [0.2, 0.25) is 5.83 Å². The Bertz CT molecular complexity index is 164. The molecule has 0 saturated heterocycles. The maximum Gasteiger partial charge on any atom is 0.366 e. The summed E-state index contributed by atoms with van der Waals surface area (Å²) in [5.74, 6) is -1.63. The van der Waals surface area contributed by atoms with Gasteiger partial charge >= 0.3 is 5.97 Å². The fourth-order valence-corrected chi connectivity index (χ4v) is 0.716. The lowest BCUT2D eigenvalue weighted by atomic mass is 10.2. The zero-order chi connectivity index (χ0) is 9.40. The highest BCUT2D eigenvalue weighted by molar-refractivity contribution is 5.85. The van der Waals surface area contributed by atoms with E-state index < -0.39 is 11.8 Å². The monoisotopic (exact) mass is 174 g/mol. The summed E-state index contributed by atoms with van der Waals surface area (Å²) in [4.78, 5) is 10.7. The first-order valence-corrected chi connectivity index (χ1v) is 4.25. The number of hydrogen-bond acceptors (Lipinski definition) is 2. The Morgan fingerprint density at radius 3 is 2.67 bits per heavy atom. The Morgan fingerprint density at radius 1 is 1.50 bits per heavy atom. The fourth-order valence-electron chi connectivity index (χ4n) is 0.716. The standard InChI is InChI=1S/C9H15FO2/c1-3-5-6-7-8(10)9(11)12-4-2/h7H,3-6H2,1-2H3/b8-7+. The van der Waals surface area contributed by atoms with Crippen LogP contribution in [0.3, 0.4) is 0 Å². The SMILES string of the molecule is CCCC/C=C(/F)C(=O)OCC. The highest BCUT2D eigenvalue weighted by atomic mass is 19.1. The van der Waals surface area contributed by atoms with Crippen LogP contribution in [0.4, 0.5) is 4.39 Å². The van der Waals surface area contributed by atoms with Gasteiger partial charge in [0.25, 0.3) is 0 Å². The van der Waals surface area contributed by atoms with Crippen LogP contribution in [-0.4, -0.2) is 12.6 Å². The predicted octanol–water partition coefficient (Wildman–Crippen LogP) is 2.59. The minimum absolute atomic E-state index is 0.216. The van der Waals surface area contributed by atoms with E-state index in [-0.39, 0.29) is 6.61 Å². The van der Waals surface area contributed by atoms with Crippen molar-refractivity contribution in [2.24, 2.45) is 0 Å². The first-order chi connectivity index (χ1) is 5.72. The molecule has 12 heavy (non-hydrogen) atoms. The molecule has 0 aromatic carbocycles. The topological polar surface area (TPSA) is 26.3 Å². The minimum Gasteiger partial charge on any atom is -0.461 e. The van der Waals surface area contributed by atoms with Gasteiger partial charge in [-0.25, -0.2) is 4.79 Å². The summed E-state index contributed by atoms with van der Waals surface area (Å²) in [7, 11) is 0. The zero-order valence-electron chi connectivity index (χ0n) is 7.60. The second-order valence-corrected chi connectivity index (χ2v) is 2.41. The maximum absolute atomic E-state index is 12.7. The van der Waals surface area contributed by atoms with E-state index in [0.717, 1.165) is 12.8 Å². The summed E-state index contributed by atoms with van der Waals surface area (Å²) in [6.45, 7) is 3.88. The molecule has 3 heteroatoms. The normalized spacial score (nSPS) is 11.4. The van der Waals surface area contributed by atoms with Crippen LogP contribution in [0.2, 0.25) is 0 Å². The van der Waals surface area contributed by atoms with Crippen molar-refractivity contribution in [3.8, 4) is 0 Å². The van der Waals surface area contributed by atoms with Crippen molar-refractivity contribution in [1.82, 2.24) is 0 Å². The molecule has 0 radical (unpaired) electrons. The molecule has 0 saturated carbocycles. The van der Waals surface area contributed by atoms with Crippen molar-refractivity contribution in [2.45, 2.75) is 33.1 Å². The molecular formula is C9H15FO2. The Labute approximate surface area is 72.4 Å². The average molecular weight is 174 g/mol. The van der Waals surface area contributed by atoms with Gasteiger partial charge in [-0.2, -0.15) is 4.39 Å². The molecule has 0 aromatic heterocycles. The van der Waals surface area contributed by atoms with Crippen LogP contribution in [-0.2, 0) is 9.53 Å². The van der Waals surface area contributed by atoms with Crippen LogP contribution in [0.15, 0.2) is 11.9 Å². The van der Waals surface area contributed by atoms with E-state index in [4.69, 9.17) is 0 Å². The number of allylic oxidation sites excluding steroid dienone is 1. The van der Waals surface area contributed by atoms with Crippen LogP contribution in [0.5, 0.6) is 0 Å². The van der Waals surface area contributed by atoms with E-state index in [1.807, 2.05) is 6.92 Å². The van der Waals surface area contributed by atoms with E-state index in [2.05, 4.69) is 4.74 Å². The van der Waals surface area contributed by atoms with Gasteiger partial charge in [0.15, 0.2) is 0 Å². The molecule has 0 bridgehead atoms. The highest BCUT2D eigenvalue weighted by Crippen LogP contribution is 2.04.